The average molecular weight is 406 g/mol. The number of para-hydroxylation sites is 1. The van der Waals surface area contributed by atoms with Crippen LogP contribution in [0.3, 0.4) is 0 Å². The highest BCUT2D eigenvalue weighted by atomic mass is 32.2. The Bertz CT molecular complexity index is 920. The molecule has 136 valence electrons. The van der Waals surface area contributed by atoms with Gasteiger partial charge in [-0.05, 0) is 30.6 Å². The van der Waals surface area contributed by atoms with Crippen molar-refractivity contribution in [2.24, 2.45) is 7.05 Å². The summed E-state index contributed by atoms with van der Waals surface area (Å²) in [5.41, 5.74) is 1.96. The third-order valence-corrected chi connectivity index (χ3v) is 6.19. The van der Waals surface area contributed by atoms with Crippen molar-refractivity contribution in [1.82, 2.24) is 9.47 Å². The number of carboxylic acids is 1. The van der Waals surface area contributed by atoms with Crippen LogP contribution in [-0.2, 0) is 16.6 Å². The molecule has 0 N–H and O–H groups in total. The van der Waals surface area contributed by atoms with E-state index in [1.54, 1.807) is 6.08 Å². The summed E-state index contributed by atoms with van der Waals surface area (Å²) in [5.74, 6) is -1.04. The Balaban J connectivity index is 1.95. The summed E-state index contributed by atoms with van der Waals surface area (Å²) in [4.78, 5) is 26.0. The minimum Gasteiger partial charge on any atom is -0.548 e. The second-order valence-corrected chi connectivity index (χ2v) is 8.54. The van der Waals surface area contributed by atoms with Crippen molar-refractivity contribution in [3.8, 4) is 0 Å². The van der Waals surface area contributed by atoms with E-state index in [4.69, 9.17) is 12.2 Å². The summed E-state index contributed by atoms with van der Waals surface area (Å²) in [6.45, 7) is 0. The van der Waals surface area contributed by atoms with Crippen LogP contribution >= 0.6 is 35.7 Å². The molecule has 0 aliphatic carbocycles. The molecule has 0 saturated carbocycles. The molecule has 1 aromatic carbocycles. The van der Waals surface area contributed by atoms with Gasteiger partial charge in [0.1, 0.15) is 4.32 Å². The Hall–Kier alpha value is -1.77. The lowest BCUT2D eigenvalue weighted by molar-refractivity contribution is -0.310. The van der Waals surface area contributed by atoms with Crippen LogP contribution in [0.2, 0.25) is 0 Å². The molecule has 1 aliphatic heterocycles. The number of rotatable bonds is 6. The molecule has 26 heavy (non-hydrogen) atoms. The molecule has 5 nitrogen and oxygen atoms in total. The quantitative estimate of drug-likeness (QED) is 0.543. The number of hydrogen-bond donors (Lipinski definition) is 0. The molecule has 0 unspecified atom stereocenters. The third kappa shape index (κ3) is 3.54. The van der Waals surface area contributed by atoms with Crippen LogP contribution in [0.25, 0.3) is 17.0 Å². The Morgan fingerprint density at radius 1 is 1.42 bits per heavy atom. The Kier molecular flexibility index (Phi) is 5.74. The summed E-state index contributed by atoms with van der Waals surface area (Å²) in [5, 5.41) is 12.5. The van der Waals surface area contributed by atoms with Crippen LogP contribution in [0, 0.1) is 0 Å². The van der Waals surface area contributed by atoms with Gasteiger partial charge in [0.25, 0.3) is 5.91 Å². The number of carboxylic acid groups (broad SMARTS) is 1. The predicted molar refractivity (Wildman–Crippen MR) is 110 cm³/mol. The van der Waals surface area contributed by atoms with Gasteiger partial charge < -0.3 is 14.5 Å². The van der Waals surface area contributed by atoms with Gasteiger partial charge in [-0.15, -0.1) is 0 Å². The number of aromatic nitrogens is 1. The molecule has 1 amide bonds. The molecule has 2 aromatic rings. The van der Waals surface area contributed by atoms with Gasteiger partial charge in [0.05, 0.1) is 16.9 Å². The van der Waals surface area contributed by atoms with Crippen LogP contribution in [0.4, 0.5) is 0 Å². The maximum Gasteiger partial charge on any atom is 0.266 e. The number of carbonyl (C=O) groups excluding carboxylic acids is 2. The van der Waals surface area contributed by atoms with E-state index in [9.17, 15) is 14.7 Å². The molecule has 1 atom stereocenters. The maximum atomic E-state index is 12.8. The van der Waals surface area contributed by atoms with Crippen LogP contribution in [0.1, 0.15) is 12.0 Å². The predicted octanol–water partition coefficient (Wildman–Crippen LogP) is 2.25. The zero-order valence-electron chi connectivity index (χ0n) is 14.3. The number of carbonyl (C=O) groups is 2. The number of benzene rings is 1. The summed E-state index contributed by atoms with van der Waals surface area (Å²) in [7, 11) is 1.94. The van der Waals surface area contributed by atoms with Crippen LogP contribution in [0.15, 0.2) is 35.4 Å². The van der Waals surface area contributed by atoms with Crippen molar-refractivity contribution >= 4 is 68.9 Å². The highest BCUT2D eigenvalue weighted by Gasteiger charge is 2.37. The number of aryl methyl sites for hydroxylation is 1. The van der Waals surface area contributed by atoms with Gasteiger partial charge in [0.2, 0.25) is 0 Å². The van der Waals surface area contributed by atoms with Crippen molar-refractivity contribution in [2.75, 3.05) is 12.0 Å². The van der Waals surface area contributed by atoms with E-state index in [0.717, 1.165) is 28.2 Å². The Morgan fingerprint density at radius 2 is 2.15 bits per heavy atom. The Morgan fingerprint density at radius 3 is 2.85 bits per heavy atom. The number of thiocarbonyl (C=S) groups is 1. The van der Waals surface area contributed by atoms with Gasteiger partial charge in [0.15, 0.2) is 0 Å². The SMILES string of the molecule is CSCC[C@@H](C(=O)[O-])N1C(=O)/C(=C/c2cn(C)c3ccccc23)SC1=S. The number of fused-ring (bicyclic) bond motifs is 1. The van der Waals surface area contributed by atoms with Gasteiger partial charge in [-0.25, -0.2) is 0 Å². The maximum absolute atomic E-state index is 12.8. The monoisotopic (exact) mass is 405 g/mol. The molecular weight excluding hydrogens is 388 g/mol. The molecule has 0 bridgehead atoms. The fraction of sp³-hybridized carbons (Fsp3) is 0.278. The standard InChI is InChI=1S/C18H18N2O3S3/c1-19-10-11(12-5-3-4-6-13(12)19)9-15-16(21)20(18(24)26-15)14(17(22)23)7-8-25-2/h3-6,9-10,14H,7-8H2,1-2H3,(H,22,23)/p-1/b15-9-/t14-/m0/s1. The third-order valence-electron chi connectivity index (χ3n) is 4.22. The minimum atomic E-state index is -1.28. The number of aliphatic carboxylic acids is 1. The first-order valence-electron chi connectivity index (χ1n) is 7.95. The smallest absolute Gasteiger partial charge is 0.266 e. The first-order chi connectivity index (χ1) is 12.4. The van der Waals surface area contributed by atoms with Gasteiger partial charge in [-0.3, -0.25) is 9.69 Å². The van der Waals surface area contributed by atoms with E-state index < -0.39 is 12.0 Å². The molecule has 1 fully saturated rings. The molecule has 1 aromatic heterocycles. The minimum absolute atomic E-state index is 0.261. The average Bonchev–Trinajstić information content (AvgIpc) is 3.07. The van der Waals surface area contributed by atoms with Crippen molar-refractivity contribution in [1.29, 1.82) is 0 Å². The lowest BCUT2D eigenvalue weighted by Crippen LogP contribution is -2.50. The number of nitrogens with zero attached hydrogens (tertiary/aromatic N) is 2. The van der Waals surface area contributed by atoms with Crippen LogP contribution < -0.4 is 5.11 Å². The molecule has 0 spiro atoms. The van der Waals surface area contributed by atoms with Gasteiger partial charge >= 0.3 is 0 Å². The van der Waals surface area contributed by atoms with Crippen LogP contribution in [-0.4, -0.2) is 43.7 Å². The molecule has 3 rings (SSSR count). The molecule has 8 heteroatoms. The highest BCUT2D eigenvalue weighted by molar-refractivity contribution is 8.26. The summed E-state index contributed by atoms with van der Waals surface area (Å²) < 4.78 is 2.25. The first-order valence-corrected chi connectivity index (χ1v) is 10.6. The van der Waals surface area contributed by atoms with Gasteiger partial charge in [-0.1, -0.05) is 42.2 Å². The topological polar surface area (TPSA) is 65.4 Å². The molecular formula is C18H17N2O3S3-. The second-order valence-electron chi connectivity index (χ2n) is 5.88. The Labute approximate surface area is 165 Å². The van der Waals surface area contributed by atoms with Crippen molar-refractivity contribution in [3.05, 3.63) is 40.9 Å². The number of hydrogen-bond acceptors (Lipinski definition) is 6. The highest BCUT2D eigenvalue weighted by Crippen LogP contribution is 2.36. The molecule has 2 heterocycles. The van der Waals surface area contributed by atoms with Crippen molar-refractivity contribution in [3.63, 3.8) is 0 Å². The van der Waals surface area contributed by atoms with E-state index in [0.29, 0.717) is 17.1 Å². The van der Waals surface area contributed by atoms with E-state index in [2.05, 4.69) is 0 Å². The molecule has 1 saturated heterocycles. The van der Waals surface area contributed by atoms with Crippen molar-refractivity contribution < 1.29 is 14.7 Å². The van der Waals surface area contributed by atoms with Gasteiger partial charge in [0, 0.05) is 29.7 Å². The summed E-state index contributed by atoms with van der Waals surface area (Å²) in [6, 6.07) is 6.87. The van der Waals surface area contributed by atoms with Crippen LogP contribution in [0.5, 0.6) is 0 Å². The van der Waals surface area contributed by atoms with Gasteiger partial charge in [-0.2, -0.15) is 11.8 Å². The molecule has 0 radical (unpaired) electrons. The molecule has 1 aliphatic rings. The second kappa shape index (κ2) is 7.85. The fourth-order valence-corrected chi connectivity index (χ4v) is 4.77. The number of thioether (sulfide) groups is 2. The van der Waals surface area contributed by atoms with E-state index in [1.165, 1.54) is 16.7 Å². The number of amides is 1. The largest absolute Gasteiger partial charge is 0.548 e. The zero-order chi connectivity index (χ0) is 18.8. The van der Waals surface area contributed by atoms with E-state index in [1.807, 2.05) is 48.3 Å². The lowest BCUT2D eigenvalue weighted by Gasteiger charge is -2.27. The van der Waals surface area contributed by atoms with E-state index >= 15 is 0 Å². The first kappa shape index (κ1) is 19.0. The van der Waals surface area contributed by atoms with Crippen molar-refractivity contribution in [2.45, 2.75) is 12.5 Å². The zero-order valence-corrected chi connectivity index (χ0v) is 16.7. The normalized spacial score (nSPS) is 17.5. The summed E-state index contributed by atoms with van der Waals surface area (Å²) >= 11 is 7.94. The fourth-order valence-electron chi connectivity index (χ4n) is 2.96. The summed E-state index contributed by atoms with van der Waals surface area (Å²) in [6.07, 6.45) is 5.91. The van der Waals surface area contributed by atoms with E-state index in [-0.39, 0.29) is 10.2 Å². The lowest BCUT2D eigenvalue weighted by atomic mass is 10.1.